The van der Waals surface area contributed by atoms with E-state index in [1.165, 1.54) is 62.6 Å². The lowest BCUT2D eigenvalue weighted by molar-refractivity contribution is 0.199. The van der Waals surface area contributed by atoms with Crippen molar-refractivity contribution in [3.63, 3.8) is 0 Å². The van der Waals surface area contributed by atoms with Crippen LogP contribution in [0.15, 0.2) is 18.3 Å². The van der Waals surface area contributed by atoms with Crippen molar-refractivity contribution in [2.45, 2.75) is 70.3 Å². The van der Waals surface area contributed by atoms with Gasteiger partial charge >= 0.3 is 0 Å². The lowest BCUT2D eigenvalue weighted by Gasteiger charge is -2.36. The van der Waals surface area contributed by atoms with E-state index in [0.717, 1.165) is 11.8 Å². The van der Waals surface area contributed by atoms with Crippen molar-refractivity contribution in [3.05, 3.63) is 29.6 Å². The summed E-state index contributed by atoms with van der Waals surface area (Å²) in [4.78, 5) is 4.71. The first-order valence-corrected chi connectivity index (χ1v) is 8.94. The molecule has 0 aliphatic heterocycles. The van der Waals surface area contributed by atoms with Crippen molar-refractivity contribution in [1.29, 1.82) is 0 Å². The van der Waals surface area contributed by atoms with Gasteiger partial charge in [0.2, 0.25) is 0 Å². The lowest BCUT2D eigenvalue weighted by Crippen LogP contribution is -2.40. The number of nitrogens with zero attached hydrogens (tertiary/aromatic N) is 1. The van der Waals surface area contributed by atoms with Gasteiger partial charge in [-0.1, -0.05) is 38.7 Å². The van der Waals surface area contributed by atoms with Crippen LogP contribution in [0.5, 0.6) is 0 Å². The molecule has 1 aromatic rings. The molecule has 1 aromatic heterocycles. The molecule has 2 unspecified atom stereocenters. The number of hydrogen-bond acceptors (Lipinski definition) is 2. The van der Waals surface area contributed by atoms with Crippen LogP contribution in [0, 0.1) is 11.8 Å². The van der Waals surface area contributed by atoms with Crippen molar-refractivity contribution >= 4 is 0 Å². The normalized spacial score (nSPS) is 30.1. The third-order valence-corrected chi connectivity index (χ3v) is 5.87. The van der Waals surface area contributed by atoms with Gasteiger partial charge < -0.3 is 5.32 Å². The molecule has 21 heavy (non-hydrogen) atoms. The molecule has 3 rings (SSSR count). The number of fused-ring (bicyclic) bond motifs is 1. The SMILES string of the molecule is CCCC1CCC(C(NC)C2CCc3cccnc32)CC1. The Morgan fingerprint density at radius 1 is 1.24 bits per heavy atom. The summed E-state index contributed by atoms with van der Waals surface area (Å²) in [6.07, 6.45) is 13.0. The molecule has 1 saturated carbocycles. The van der Waals surface area contributed by atoms with Crippen LogP contribution in [0.4, 0.5) is 0 Å². The monoisotopic (exact) mass is 286 g/mol. The summed E-state index contributed by atoms with van der Waals surface area (Å²) in [7, 11) is 2.16. The Labute approximate surface area is 129 Å². The third kappa shape index (κ3) is 3.15. The Bertz CT molecular complexity index is 449. The molecule has 1 heterocycles. The molecule has 0 saturated heterocycles. The van der Waals surface area contributed by atoms with Crippen LogP contribution < -0.4 is 5.32 Å². The molecule has 2 atom stereocenters. The van der Waals surface area contributed by atoms with Crippen LogP contribution in [-0.4, -0.2) is 18.1 Å². The van der Waals surface area contributed by atoms with E-state index in [1.54, 1.807) is 0 Å². The number of rotatable bonds is 5. The fourth-order valence-corrected chi connectivity index (χ4v) is 4.80. The molecule has 1 N–H and O–H groups in total. The van der Waals surface area contributed by atoms with Gasteiger partial charge in [-0.25, -0.2) is 0 Å². The number of pyridine rings is 1. The summed E-state index contributed by atoms with van der Waals surface area (Å²) in [6.45, 7) is 2.32. The smallest absolute Gasteiger partial charge is 0.0482 e. The van der Waals surface area contributed by atoms with Gasteiger partial charge in [-0.3, -0.25) is 4.98 Å². The zero-order chi connectivity index (χ0) is 14.7. The fourth-order valence-electron chi connectivity index (χ4n) is 4.80. The van der Waals surface area contributed by atoms with E-state index in [4.69, 9.17) is 4.98 Å². The van der Waals surface area contributed by atoms with Crippen molar-refractivity contribution < 1.29 is 0 Å². The highest BCUT2D eigenvalue weighted by atomic mass is 14.9. The van der Waals surface area contributed by atoms with Gasteiger partial charge in [-0.05, 0) is 56.2 Å². The zero-order valence-corrected chi connectivity index (χ0v) is 13.6. The number of likely N-dealkylation sites (N-methyl/N-ethyl adjacent to an activating group) is 1. The minimum Gasteiger partial charge on any atom is -0.316 e. The zero-order valence-electron chi connectivity index (χ0n) is 13.6. The first kappa shape index (κ1) is 15.0. The van der Waals surface area contributed by atoms with E-state index < -0.39 is 0 Å². The van der Waals surface area contributed by atoms with Gasteiger partial charge in [0, 0.05) is 23.9 Å². The summed E-state index contributed by atoms with van der Waals surface area (Å²) < 4.78 is 0. The summed E-state index contributed by atoms with van der Waals surface area (Å²) in [6, 6.07) is 4.99. The second-order valence-corrected chi connectivity index (χ2v) is 7.08. The molecule has 0 spiro atoms. The van der Waals surface area contributed by atoms with Gasteiger partial charge in [0.05, 0.1) is 0 Å². The predicted molar refractivity (Wildman–Crippen MR) is 88.5 cm³/mol. The third-order valence-electron chi connectivity index (χ3n) is 5.87. The predicted octanol–water partition coefficient (Wildman–Crippen LogP) is 4.31. The van der Waals surface area contributed by atoms with Gasteiger partial charge in [0.15, 0.2) is 0 Å². The molecule has 0 bridgehead atoms. The Morgan fingerprint density at radius 2 is 2.05 bits per heavy atom. The molecular weight excluding hydrogens is 256 g/mol. The maximum atomic E-state index is 4.71. The minimum absolute atomic E-state index is 0.628. The second kappa shape index (κ2) is 6.91. The Morgan fingerprint density at radius 3 is 2.76 bits per heavy atom. The highest BCUT2D eigenvalue weighted by Gasteiger charge is 2.36. The fraction of sp³-hybridized carbons (Fsp3) is 0.737. The topological polar surface area (TPSA) is 24.9 Å². The summed E-state index contributed by atoms with van der Waals surface area (Å²) >= 11 is 0. The molecule has 0 radical (unpaired) electrons. The van der Waals surface area contributed by atoms with Crippen molar-refractivity contribution in [1.82, 2.24) is 10.3 Å². The standard InChI is InChI=1S/C19H30N2/c1-3-5-14-7-9-16(10-8-14)18(20-2)17-12-11-15-6-4-13-21-19(15)17/h4,6,13-14,16-18,20H,3,5,7-12H2,1-2H3. The summed E-state index contributed by atoms with van der Waals surface area (Å²) in [5.41, 5.74) is 2.87. The first-order chi connectivity index (χ1) is 10.3. The van der Waals surface area contributed by atoms with Gasteiger partial charge in [0.25, 0.3) is 0 Å². The van der Waals surface area contributed by atoms with Crippen LogP contribution in [0.25, 0.3) is 0 Å². The molecule has 116 valence electrons. The summed E-state index contributed by atoms with van der Waals surface area (Å²) in [5.74, 6) is 2.48. The van der Waals surface area contributed by atoms with E-state index in [9.17, 15) is 0 Å². The Hall–Kier alpha value is -0.890. The average Bonchev–Trinajstić information content (AvgIpc) is 2.94. The van der Waals surface area contributed by atoms with Gasteiger partial charge in [0.1, 0.15) is 0 Å². The molecule has 0 amide bonds. The maximum absolute atomic E-state index is 4.71. The number of aryl methyl sites for hydroxylation is 1. The molecule has 2 heteroatoms. The summed E-state index contributed by atoms with van der Waals surface area (Å²) in [5, 5.41) is 3.66. The second-order valence-electron chi connectivity index (χ2n) is 7.08. The van der Waals surface area contributed by atoms with Crippen LogP contribution in [-0.2, 0) is 6.42 Å². The van der Waals surface area contributed by atoms with E-state index in [1.807, 2.05) is 6.20 Å². The average molecular weight is 286 g/mol. The Balaban J connectivity index is 1.67. The number of aromatic nitrogens is 1. The van der Waals surface area contributed by atoms with E-state index in [2.05, 4.69) is 31.4 Å². The van der Waals surface area contributed by atoms with Crippen molar-refractivity contribution in [2.24, 2.45) is 11.8 Å². The number of nitrogens with one attached hydrogen (secondary N) is 1. The van der Waals surface area contributed by atoms with Crippen molar-refractivity contribution in [3.8, 4) is 0 Å². The molecule has 2 aliphatic rings. The number of hydrogen-bond donors (Lipinski definition) is 1. The van der Waals surface area contributed by atoms with Gasteiger partial charge in [-0.15, -0.1) is 0 Å². The van der Waals surface area contributed by atoms with Crippen molar-refractivity contribution in [2.75, 3.05) is 7.05 Å². The minimum atomic E-state index is 0.628. The highest BCUT2D eigenvalue weighted by molar-refractivity contribution is 5.30. The molecule has 2 aliphatic carbocycles. The van der Waals surface area contributed by atoms with Crippen LogP contribution in [0.3, 0.4) is 0 Å². The van der Waals surface area contributed by atoms with Gasteiger partial charge in [-0.2, -0.15) is 0 Å². The first-order valence-electron chi connectivity index (χ1n) is 8.94. The van der Waals surface area contributed by atoms with Crippen LogP contribution in [0.2, 0.25) is 0 Å². The quantitative estimate of drug-likeness (QED) is 0.872. The maximum Gasteiger partial charge on any atom is 0.0482 e. The Kier molecular flexibility index (Phi) is 4.95. The lowest BCUT2D eigenvalue weighted by atomic mass is 9.73. The van der Waals surface area contributed by atoms with E-state index in [-0.39, 0.29) is 0 Å². The largest absolute Gasteiger partial charge is 0.316 e. The molecule has 2 nitrogen and oxygen atoms in total. The van der Waals surface area contributed by atoms with Crippen LogP contribution >= 0.6 is 0 Å². The highest BCUT2D eigenvalue weighted by Crippen LogP contribution is 2.41. The molecule has 0 aromatic carbocycles. The molecular formula is C19H30N2. The van der Waals surface area contributed by atoms with E-state index in [0.29, 0.717) is 12.0 Å². The van der Waals surface area contributed by atoms with Crippen LogP contribution in [0.1, 0.15) is 69.0 Å². The van der Waals surface area contributed by atoms with E-state index >= 15 is 0 Å². The molecule has 1 fully saturated rings.